The molecule has 0 saturated carbocycles. The quantitative estimate of drug-likeness (QED) is 0.496. The van der Waals surface area contributed by atoms with Gasteiger partial charge in [-0.3, -0.25) is 0 Å². The second kappa shape index (κ2) is 4.37. The van der Waals surface area contributed by atoms with Crippen molar-refractivity contribution in [1.29, 1.82) is 0 Å². The first-order chi connectivity index (χ1) is 4.16. The van der Waals surface area contributed by atoms with Gasteiger partial charge in [-0.25, -0.2) is 0 Å². The number of hydrogen-bond donors (Lipinski definition) is 0. The SMILES string of the molecule is C/C=C(C)\C=C/C(C)C. The molecule has 0 heterocycles. The van der Waals surface area contributed by atoms with Gasteiger partial charge in [0.05, 0.1) is 0 Å². The van der Waals surface area contributed by atoms with Crippen LogP contribution >= 0.6 is 0 Å². The molecule has 0 aromatic heterocycles. The molecule has 0 bridgehead atoms. The smallest absolute Gasteiger partial charge is 0.0287 e. The van der Waals surface area contributed by atoms with E-state index in [2.05, 4.69) is 45.9 Å². The highest BCUT2D eigenvalue weighted by Gasteiger charge is 1.82. The Morgan fingerprint density at radius 3 is 2.22 bits per heavy atom. The molecule has 0 aliphatic carbocycles. The molecule has 0 amide bonds. The average Bonchev–Trinajstić information content (AvgIpc) is 1.83. The lowest BCUT2D eigenvalue weighted by atomic mass is 10.1. The molecule has 0 aliphatic rings. The molecule has 0 heteroatoms. The first-order valence-electron chi connectivity index (χ1n) is 3.48. The zero-order valence-corrected chi connectivity index (χ0v) is 6.81. The van der Waals surface area contributed by atoms with Crippen molar-refractivity contribution in [1.82, 2.24) is 0 Å². The van der Waals surface area contributed by atoms with Gasteiger partial charge in [0.1, 0.15) is 0 Å². The third-order valence-corrected chi connectivity index (χ3v) is 1.20. The highest BCUT2D eigenvalue weighted by atomic mass is 13.9. The van der Waals surface area contributed by atoms with E-state index in [1.807, 2.05) is 0 Å². The topological polar surface area (TPSA) is 0 Å². The standard InChI is InChI=1S/C9H16/c1-5-9(4)7-6-8(2)3/h5-8H,1-4H3/b7-6-,9-5-. The monoisotopic (exact) mass is 124 g/mol. The van der Waals surface area contributed by atoms with E-state index in [1.165, 1.54) is 5.57 Å². The maximum atomic E-state index is 2.20. The highest BCUT2D eigenvalue weighted by Crippen LogP contribution is 1.99. The van der Waals surface area contributed by atoms with Crippen molar-refractivity contribution in [3.8, 4) is 0 Å². The Kier molecular flexibility index (Phi) is 4.12. The Morgan fingerprint density at radius 2 is 1.89 bits per heavy atom. The molecule has 0 N–H and O–H groups in total. The first-order valence-corrected chi connectivity index (χ1v) is 3.48. The number of rotatable bonds is 2. The molecule has 9 heavy (non-hydrogen) atoms. The zero-order valence-electron chi connectivity index (χ0n) is 6.81. The van der Waals surface area contributed by atoms with Crippen LogP contribution in [0.4, 0.5) is 0 Å². The molecule has 0 radical (unpaired) electrons. The normalized spacial score (nSPS) is 13.7. The van der Waals surface area contributed by atoms with Crippen LogP contribution < -0.4 is 0 Å². The van der Waals surface area contributed by atoms with E-state index >= 15 is 0 Å². The van der Waals surface area contributed by atoms with E-state index in [0.29, 0.717) is 5.92 Å². The molecule has 0 nitrogen and oxygen atoms in total. The maximum Gasteiger partial charge on any atom is -0.0287 e. The zero-order chi connectivity index (χ0) is 7.28. The summed E-state index contributed by atoms with van der Waals surface area (Å²) in [6.07, 6.45) is 6.47. The molecule has 52 valence electrons. The molecule has 0 saturated heterocycles. The number of hydrogen-bond acceptors (Lipinski definition) is 0. The van der Waals surface area contributed by atoms with Crippen molar-refractivity contribution in [2.24, 2.45) is 5.92 Å². The van der Waals surface area contributed by atoms with Crippen molar-refractivity contribution in [3.05, 3.63) is 23.8 Å². The molecule has 0 unspecified atom stereocenters. The van der Waals surface area contributed by atoms with Crippen LogP contribution in [0, 0.1) is 5.92 Å². The van der Waals surface area contributed by atoms with Crippen LogP contribution in [0.1, 0.15) is 27.7 Å². The lowest BCUT2D eigenvalue weighted by Crippen LogP contribution is -1.76. The van der Waals surface area contributed by atoms with E-state index in [4.69, 9.17) is 0 Å². The van der Waals surface area contributed by atoms with Gasteiger partial charge < -0.3 is 0 Å². The Morgan fingerprint density at radius 1 is 1.33 bits per heavy atom. The summed E-state index contributed by atoms with van der Waals surface area (Å²) in [4.78, 5) is 0. The van der Waals surface area contributed by atoms with Crippen LogP contribution in [-0.4, -0.2) is 0 Å². The van der Waals surface area contributed by atoms with E-state index in [0.717, 1.165) is 0 Å². The summed E-state index contributed by atoms with van der Waals surface area (Å²) >= 11 is 0. The third kappa shape index (κ3) is 5.35. The molecule has 0 atom stereocenters. The lowest BCUT2D eigenvalue weighted by molar-refractivity contribution is 0.831. The molecule has 0 rings (SSSR count). The average molecular weight is 124 g/mol. The van der Waals surface area contributed by atoms with Gasteiger partial charge in [-0.2, -0.15) is 0 Å². The minimum Gasteiger partial charge on any atom is -0.0847 e. The minimum absolute atomic E-state index is 0.667. The summed E-state index contributed by atoms with van der Waals surface area (Å²) in [6, 6.07) is 0. The van der Waals surface area contributed by atoms with E-state index in [-0.39, 0.29) is 0 Å². The molecule has 0 fully saturated rings. The van der Waals surface area contributed by atoms with Crippen LogP contribution in [-0.2, 0) is 0 Å². The predicted molar refractivity (Wildman–Crippen MR) is 43.4 cm³/mol. The largest absolute Gasteiger partial charge is 0.0847 e. The van der Waals surface area contributed by atoms with Crippen LogP contribution in [0.3, 0.4) is 0 Å². The fraction of sp³-hybridized carbons (Fsp3) is 0.556. The summed E-state index contributed by atoms with van der Waals surface area (Å²) in [7, 11) is 0. The molecule has 0 aliphatic heterocycles. The Labute approximate surface area is 58.3 Å². The van der Waals surface area contributed by atoms with Gasteiger partial charge in [0.15, 0.2) is 0 Å². The van der Waals surface area contributed by atoms with Crippen molar-refractivity contribution in [2.75, 3.05) is 0 Å². The minimum atomic E-state index is 0.667. The summed E-state index contributed by atoms with van der Waals surface area (Å²) in [5.74, 6) is 0.667. The van der Waals surface area contributed by atoms with Gasteiger partial charge in [0, 0.05) is 0 Å². The summed E-state index contributed by atoms with van der Waals surface area (Å²) in [5, 5.41) is 0. The Balaban J connectivity index is 3.71. The summed E-state index contributed by atoms with van der Waals surface area (Å²) < 4.78 is 0. The fourth-order valence-electron chi connectivity index (χ4n) is 0.440. The highest BCUT2D eigenvalue weighted by molar-refractivity contribution is 5.14. The van der Waals surface area contributed by atoms with Gasteiger partial charge >= 0.3 is 0 Å². The van der Waals surface area contributed by atoms with Crippen molar-refractivity contribution in [2.45, 2.75) is 27.7 Å². The van der Waals surface area contributed by atoms with E-state index < -0.39 is 0 Å². The predicted octanol–water partition coefficient (Wildman–Crippen LogP) is 3.16. The lowest BCUT2D eigenvalue weighted by Gasteiger charge is -1.92. The Bertz CT molecular complexity index is 116. The van der Waals surface area contributed by atoms with E-state index in [1.54, 1.807) is 0 Å². The van der Waals surface area contributed by atoms with Gasteiger partial charge in [0.2, 0.25) is 0 Å². The molecule has 0 spiro atoms. The van der Waals surface area contributed by atoms with Crippen LogP contribution in [0.25, 0.3) is 0 Å². The third-order valence-electron chi connectivity index (χ3n) is 1.20. The molecular weight excluding hydrogens is 108 g/mol. The molecule has 0 aromatic rings. The van der Waals surface area contributed by atoms with Crippen molar-refractivity contribution >= 4 is 0 Å². The van der Waals surface area contributed by atoms with Gasteiger partial charge in [-0.1, -0.05) is 37.6 Å². The summed E-state index contributed by atoms with van der Waals surface area (Å²) in [6.45, 7) is 8.53. The molecule has 0 aromatic carbocycles. The van der Waals surface area contributed by atoms with Gasteiger partial charge in [0.25, 0.3) is 0 Å². The van der Waals surface area contributed by atoms with Crippen LogP contribution in [0.15, 0.2) is 23.8 Å². The fourth-order valence-corrected chi connectivity index (χ4v) is 0.440. The first kappa shape index (κ1) is 8.48. The van der Waals surface area contributed by atoms with Gasteiger partial charge in [-0.15, -0.1) is 0 Å². The van der Waals surface area contributed by atoms with Crippen LogP contribution in [0.5, 0.6) is 0 Å². The summed E-state index contributed by atoms with van der Waals surface area (Å²) in [5.41, 5.74) is 1.34. The van der Waals surface area contributed by atoms with Crippen molar-refractivity contribution in [3.63, 3.8) is 0 Å². The molecular formula is C9H16. The van der Waals surface area contributed by atoms with Crippen LogP contribution in [0.2, 0.25) is 0 Å². The maximum absolute atomic E-state index is 2.20. The number of allylic oxidation sites excluding steroid dienone is 4. The van der Waals surface area contributed by atoms with E-state index in [9.17, 15) is 0 Å². The second-order valence-electron chi connectivity index (χ2n) is 2.64. The van der Waals surface area contributed by atoms with Crippen molar-refractivity contribution < 1.29 is 0 Å². The Hall–Kier alpha value is -0.520. The second-order valence-corrected chi connectivity index (χ2v) is 2.64. The van der Waals surface area contributed by atoms with Gasteiger partial charge in [-0.05, 0) is 19.8 Å².